The maximum absolute atomic E-state index is 11.8. The van der Waals surface area contributed by atoms with Gasteiger partial charge in [-0.15, -0.1) is 0 Å². The van der Waals surface area contributed by atoms with E-state index in [1.54, 1.807) is 27.7 Å². The van der Waals surface area contributed by atoms with E-state index < -0.39 is 23.7 Å². The molecule has 0 spiro atoms. The molecule has 1 N–H and O–H groups in total. The Kier molecular flexibility index (Phi) is 6.89. The molecule has 122 valence electrons. The zero-order valence-electron chi connectivity index (χ0n) is 13.7. The van der Waals surface area contributed by atoms with E-state index in [4.69, 9.17) is 9.47 Å². The van der Waals surface area contributed by atoms with Crippen molar-refractivity contribution in [1.29, 1.82) is 0 Å². The van der Waals surface area contributed by atoms with E-state index in [-0.39, 0.29) is 0 Å². The number of hydrogen-bond acceptors (Lipinski definition) is 4. The summed E-state index contributed by atoms with van der Waals surface area (Å²) in [5.41, 5.74) is 0.613. The number of esters is 1. The minimum absolute atomic E-state index is 0.327. The van der Waals surface area contributed by atoms with E-state index in [9.17, 15) is 9.59 Å². The molecule has 1 aromatic rings. The van der Waals surface area contributed by atoms with Crippen molar-refractivity contribution in [2.24, 2.45) is 0 Å². The number of amides is 1. The Morgan fingerprint density at radius 3 is 2.41 bits per heavy atom. The van der Waals surface area contributed by atoms with Crippen LogP contribution in [0.15, 0.2) is 30.3 Å². The van der Waals surface area contributed by atoms with Crippen LogP contribution in [-0.4, -0.2) is 30.3 Å². The number of ether oxygens (including phenoxy) is 2. The maximum atomic E-state index is 11.8. The Bertz CT molecular complexity index is 479. The molecule has 0 aliphatic carbocycles. The number of aryl methyl sites for hydroxylation is 1. The van der Waals surface area contributed by atoms with Crippen molar-refractivity contribution in [3.63, 3.8) is 0 Å². The first-order valence-corrected chi connectivity index (χ1v) is 7.48. The Morgan fingerprint density at radius 2 is 1.82 bits per heavy atom. The number of benzene rings is 1. The summed E-state index contributed by atoms with van der Waals surface area (Å²) in [7, 11) is 0. The lowest BCUT2D eigenvalue weighted by Crippen LogP contribution is -2.42. The van der Waals surface area contributed by atoms with Gasteiger partial charge in [0.15, 0.2) is 0 Å². The third kappa shape index (κ3) is 7.67. The van der Waals surface area contributed by atoms with Crippen molar-refractivity contribution in [1.82, 2.24) is 5.32 Å². The molecular weight excluding hydrogens is 282 g/mol. The van der Waals surface area contributed by atoms with Crippen LogP contribution >= 0.6 is 0 Å². The molecule has 0 saturated heterocycles. The highest BCUT2D eigenvalue weighted by Crippen LogP contribution is 2.07. The molecule has 0 saturated carbocycles. The number of nitrogens with one attached hydrogen (secondary N) is 1. The molecule has 22 heavy (non-hydrogen) atoms. The van der Waals surface area contributed by atoms with Gasteiger partial charge in [-0.05, 0) is 46.1 Å². The first-order valence-electron chi connectivity index (χ1n) is 7.48. The van der Waals surface area contributed by atoms with E-state index >= 15 is 0 Å². The fraction of sp³-hybridized carbons (Fsp3) is 0.529. The van der Waals surface area contributed by atoms with E-state index in [0.29, 0.717) is 6.61 Å². The highest BCUT2D eigenvalue weighted by atomic mass is 16.6. The van der Waals surface area contributed by atoms with Gasteiger partial charge in [-0.1, -0.05) is 30.3 Å². The Labute approximate surface area is 132 Å². The average Bonchev–Trinajstić information content (AvgIpc) is 2.42. The smallest absolute Gasteiger partial charge is 0.408 e. The zero-order valence-corrected chi connectivity index (χ0v) is 13.7. The monoisotopic (exact) mass is 307 g/mol. The predicted molar refractivity (Wildman–Crippen MR) is 84.6 cm³/mol. The van der Waals surface area contributed by atoms with E-state index in [1.807, 2.05) is 30.3 Å². The number of hydrogen-bond donors (Lipinski definition) is 1. The molecule has 0 aliphatic rings. The molecule has 5 heteroatoms. The van der Waals surface area contributed by atoms with Crippen LogP contribution in [-0.2, 0) is 20.7 Å². The van der Waals surface area contributed by atoms with Gasteiger partial charge in [0, 0.05) is 0 Å². The topological polar surface area (TPSA) is 64.6 Å². The lowest BCUT2D eigenvalue weighted by Gasteiger charge is -2.21. The van der Waals surface area contributed by atoms with Crippen LogP contribution < -0.4 is 5.32 Å². The molecule has 0 aliphatic heterocycles. The van der Waals surface area contributed by atoms with Gasteiger partial charge in [-0.3, -0.25) is 0 Å². The van der Waals surface area contributed by atoms with Crippen LogP contribution in [0.3, 0.4) is 0 Å². The highest BCUT2D eigenvalue weighted by molar-refractivity contribution is 5.80. The maximum Gasteiger partial charge on any atom is 0.408 e. The van der Waals surface area contributed by atoms with Crippen LogP contribution in [0.4, 0.5) is 4.79 Å². The Hall–Kier alpha value is -2.04. The predicted octanol–water partition coefficient (Wildman–Crippen LogP) is 3.08. The van der Waals surface area contributed by atoms with Gasteiger partial charge in [-0.2, -0.15) is 0 Å². The minimum atomic E-state index is -0.730. The fourth-order valence-electron chi connectivity index (χ4n) is 1.76. The largest absolute Gasteiger partial charge is 0.464 e. The first kappa shape index (κ1) is 18.0. The third-order valence-electron chi connectivity index (χ3n) is 2.78. The molecule has 5 nitrogen and oxygen atoms in total. The summed E-state index contributed by atoms with van der Waals surface area (Å²) in [5, 5.41) is 2.46. The molecular formula is C17H25NO4. The molecule has 0 aromatic heterocycles. The molecule has 1 atom stereocenters. The lowest BCUT2D eigenvalue weighted by molar-refractivity contribution is -0.145. The number of carbonyl (C=O) groups is 2. The quantitative estimate of drug-likeness (QED) is 0.648. The summed E-state index contributed by atoms with van der Waals surface area (Å²) in [6, 6.07) is 9.27. The average molecular weight is 307 g/mol. The minimum Gasteiger partial charge on any atom is -0.464 e. The van der Waals surface area contributed by atoms with E-state index in [2.05, 4.69) is 5.32 Å². The summed E-state index contributed by atoms with van der Waals surface area (Å²) in [4.78, 5) is 23.3. The zero-order chi connectivity index (χ0) is 16.6. The third-order valence-corrected chi connectivity index (χ3v) is 2.78. The van der Waals surface area contributed by atoms with Gasteiger partial charge >= 0.3 is 12.1 Å². The highest BCUT2D eigenvalue weighted by Gasteiger charge is 2.21. The number of rotatable bonds is 6. The van der Waals surface area contributed by atoms with Gasteiger partial charge < -0.3 is 14.8 Å². The normalized spacial score (nSPS) is 12.4. The summed E-state index contributed by atoms with van der Waals surface area (Å²) in [6.45, 7) is 7.19. The standard InChI is InChI=1S/C17H25NO4/c1-13(18-16(20)22-17(2,3)4)15(19)21-12-8-11-14-9-6-5-7-10-14/h5-7,9-10,13H,8,11-12H2,1-4H3,(H,18,20). The second kappa shape index (κ2) is 8.41. The first-order chi connectivity index (χ1) is 10.3. The van der Waals surface area contributed by atoms with Crippen LogP contribution in [0.1, 0.15) is 39.7 Å². The molecule has 0 heterocycles. The summed E-state index contributed by atoms with van der Waals surface area (Å²) >= 11 is 0. The molecule has 1 rings (SSSR count). The van der Waals surface area contributed by atoms with E-state index in [0.717, 1.165) is 12.8 Å². The summed E-state index contributed by atoms with van der Waals surface area (Å²) in [6.07, 6.45) is 0.970. The van der Waals surface area contributed by atoms with Crippen molar-refractivity contribution in [3.05, 3.63) is 35.9 Å². The lowest BCUT2D eigenvalue weighted by atomic mass is 10.1. The van der Waals surface area contributed by atoms with Gasteiger partial charge in [0.25, 0.3) is 0 Å². The summed E-state index contributed by atoms with van der Waals surface area (Å²) < 4.78 is 10.2. The molecule has 1 amide bonds. The second-order valence-corrected chi connectivity index (χ2v) is 6.12. The fourth-order valence-corrected chi connectivity index (χ4v) is 1.76. The molecule has 1 aromatic carbocycles. The van der Waals surface area contributed by atoms with Crippen LogP contribution in [0.25, 0.3) is 0 Å². The Balaban J connectivity index is 2.22. The number of carbonyl (C=O) groups excluding carboxylic acids is 2. The van der Waals surface area contributed by atoms with Crippen LogP contribution in [0.5, 0.6) is 0 Å². The van der Waals surface area contributed by atoms with Crippen molar-refractivity contribution in [3.8, 4) is 0 Å². The second-order valence-electron chi connectivity index (χ2n) is 6.12. The molecule has 0 fully saturated rings. The van der Waals surface area contributed by atoms with Crippen molar-refractivity contribution in [2.75, 3.05) is 6.61 Å². The molecule has 0 radical (unpaired) electrons. The van der Waals surface area contributed by atoms with Crippen molar-refractivity contribution in [2.45, 2.75) is 52.2 Å². The van der Waals surface area contributed by atoms with Crippen LogP contribution in [0, 0.1) is 0 Å². The van der Waals surface area contributed by atoms with Crippen molar-refractivity contribution >= 4 is 12.1 Å². The van der Waals surface area contributed by atoms with Crippen molar-refractivity contribution < 1.29 is 19.1 Å². The van der Waals surface area contributed by atoms with Crippen LogP contribution in [0.2, 0.25) is 0 Å². The summed E-state index contributed by atoms with van der Waals surface area (Å²) in [5.74, 6) is -0.459. The van der Waals surface area contributed by atoms with Gasteiger partial charge in [0.1, 0.15) is 11.6 Å². The molecule has 0 bridgehead atoms. The Morgan fingerprint density at radius 1 is 1.18 bits per heavy atom. The van der Waals surface area contributed by atoms with Gasteiger partial charge in [-0.25, -0.2) is 9.59 Å². The molecule has 1 unspecified atom stereocenters. The van der Waals surface area contributed by atoms with Gasteiger partial charge in [0.05, 0.1) is 6.61 Å². The van der Waals surface area contributed by atoms with Gasteiger partial charge in [0.2, 0.25) is 0 Å². The SMILES string of the molecule is CC(NC(=O)OC(C)(C)C)C(=O)OCCCc1ccccc1. The van der Waals surface area contributed by atoms with E-state index in [1.165, 1.54) is 5.56 Å². The number of alkyl carbamates (subject to hydrolysis) is 1.